The first-order valence-electron chi connectivity index (χ1n) is 7.42. The van der Waals surface area contributed by atoms with E-state index in [2.05, 4.69) is 29.8 Å². The van der Waals surface area contributed by atoms with E-state index in [4.69, 9.17) is 0 Å². The van der Waals surface area contributed by atoms with Crippen LogP contribution in [0.1, 0.15) is 36.9 Å². The smallest absolute Gasteiger partial charge is 0.119 e. The zero-order valence-corrected chi connectivity index (χ0v) is 12.0. The van der Waals surface area contributed by atoms with E-state index < -0.39 is 0 Å². The molecule has 0 bridgehead atoms. The highest BCUT2D eigenvalue weighted by Gasteiger charge is 2.31. The molecule has 0 spiro atoms. The Labute approximate surface area is 115 Å². The van der Waals surface area contributed by atoms with E-state index in [1.165, 1.54) is 24.0 Å². The highest BCUT2D eigenvalue weighted by Crippen LogP contribution is 2.38. The molecule has 3 rings (SSSR count). The van der Waals surface area contributed by atoms with E-state index in [1.54, 1.807) is 0 Å². The lowest BCUT2D eigenvalue weighted by atomic mass is 9.85. The van der Waals surface area contributed by atoms with Crippen molar-refractivity contribution in [1.29, 1.82) is 0 Å². The number of piperazine rings is 1. The monoisotopic (exact) mass is 260 g/mol. The minimum Gasteiger partial charge on any atom is -0.508 e. The zero-order chi connectivity index (χ0) is 13.4. The van der Waals surface area contributed by atoms with Crippen LogP contribution in [0.15, 0.2) is 18.2 Å². The van der Waals surface area contributed by atoms with Gasteiger partial charge in [-0.1, -0.05) is 12.1 Å². The van der Waals surface area contributed by atoms with Crippen molar-refractivity contribution >= 4 is 0 Å². The van der Waals surface area contributed by atoms with Gasteiger partial charge in [-0.2, -0.15) is 0 Å². The van der Waals surface area contributed by atoms with Gasteiger partial charge < -0.3 is 10.0 Å². The molecular formula is C16H24N2O. The number of likely N-dealkylation sites (N-methyl/N-ethyl adjacent to an activating group) is 1. The molecule has 0 radical (unpaired) electrons. The summed E-state index contributed by atoms with van der Waals surface area (Å²) in [6.45, 7) is 5.72. The molecule has 19 heavy (non-hydrogen) atoms. The Kier molecular flexibility index (Phi) is 3.50. The molecule has 0 aromatic heterocycles. The summed E-state index contributed by atoms with van der Waals surface area (Å²) in [6.07, 6.45) is 3.45. The molecule has 2 atom stereocenters. The van der Waals surface area contributed by atoms with Gasteiger partial charge in [0.2, 0.25) is 0 Å². The minimum atomic E-state index is 0.490. The lowest BCUT2D eigenvalue weighted by molar-refractivity contribution is 0.0649. The summed E-state index contributed by atoms with van der Waals surface area (Å²) in [5.74, 6) is 0.490. The maximum atomic E-state index is 10.0. The fourth-order valence-electron chi connectivity index (χ4n) is 3.54. The molecule has 1 heterocycles. The van der Waals surface area contributed by atoms with Gasteiger partial charge in [-0.3, -0.25) is 4.90 Å². The molecule has 1 aromatic carbocycles. The average Bonchev–Trinajstić information content (AvgIpc) is 2.42. The third kappa shape index (κ3) is 2.37. The number of aromatic hydroxyl groups is 1. The van der Waals surface area contributed by atoms with Crippen molar-refractivity contribution < 1.29 is 5.11 Å². The molecule has 0 amide bonds. The molecule has 1 saturated heterocycles. The van der Waals surface area contributed by atoms with Crippen molar-refractivity contribution in [2.24, 2.45) is 0 Å². The number of fused-ring (bicyclic) bond motifs is 1. The maximum Gasteiger partial charge on any atom is 0.119 e. The molecule has 1 aliphatic heterocycles. The highest BCUT2D eigenvalue weighted by molar-refractivity contribution is 5.42. The third-order valence-corrected chi connectivity index (χ3v) is 4.88. The first-order chi connectivity index (χ1) is 9.16. The second kappa shape index (κ2) is 5.14. The summed E-state index contributed by atoms with van der Waals surface area (Å²) in [5.41, 5.74) is 2.55. The lowest BCUT2D eigenvalue weighted by Gasteiger charge is -2.43. The molecule has 1 fully saturated rings. The van der Waals surface area contributed by atoms with Crippen LogP contribution in [-0.2, 0) is 6.42 Å². The normalized spacial score (nSPS) is 29.2. The van der Waals surface area contributed by atoms with Gasteiger partial charge in [-0.25, -0.2) is 0 Å². The standard InChI is InChI=1S/C16H24N2O/c1-12-11-18(10-9-17(12)2)15-7-3-6-14-13(15)5-4-8-16(14)19/h4-5,8,12,15,19H,3,6-7,9-11H2,1-2H3. The Bertz CT molecular complexity index is 460. The quantitative estimate of drug-likeness (QED) is 0.840. The van der Waals surface area contributed by atoms with E-state index in [-0.39, 0.29) is 0 Å². The Morgan fingerprint density at radius 2 is 2.11 bits per heavy atom. The van der Waals surface area contributed by atoms with Gasteiger partial charge in [-0.05, 0) is 50.4 Å². The number of phenolic OH excluding ortho intramolecular Hbond substituents is 1. The number of hydrogen-bond acceptors (Lipinski definition) is 3. The predicted molar refractivity (Wildman–Crippen MR) is 77.5 cm³/mol. The van der Waals surface area contributed by atoms with Crippen LogP contribution in [0.2, 0.25) is 0 Å². The average molecular weight is 260 g/mol. The second-order valence-electron chi connectivity index (χ2n) is 6.08. The Balaban J connectivity index is 1.86. The first-order valence-corrected chi connectivity index (χ1v) is 7.42. The Morgan fingerprint density at radius 1 is 1.26 bits per heavy atom. The van der Waals surface area contributed by atoms with Crippen molar-refractivity contribution in [1.82, 2.24) is 9.80 Å². The first kappa shape index (κ1) is 12.9. The van der Waals surface area contributed by atoms with Crippen molar-refractivity contribution in [3.05, 3.63) is 29.3 Å². The summed E-state index contributed by atoms with van der Waals surface area (Å²) >= 11 is 0. The molecule has 3 heteroatoms. The zero-order valence-electron chi connectivity index (χ0n) is 12.0. The number of benzene rings is 1. The Hall–Kier alpha value is -1.06. The van der Waals surface area contributed by atoms with Crippen LogP contribution in [0.25, 0.3) is 0 Å². The van der Waals surface area contributed by atoms with Crippen LogP contribution in [0.4, 0.5) is 0 Å². The van der Waals surface area contributed by atoms with Crippen LogP contribution in [0, 0.1) is 0 Å². The van der Waals surface area contributed by atoms with Gasteiger partial charge in [0, 0.05) is 31.7 Å². The lowest BCUT2D eigenvalue weighted by Crippen LogP contribution is -2.51. The molecular weight excluding hydrogens is 236 g/mol. The number of nitrogens with zero attached hydrogens (tertiary/aromatic N) is 2. The van der Waals surface area contributed by atoms with E-state index in [0.29, 0.717) is 17.8 Å². The molecule has 0 saturated carbocycles. The van der Waals surface area contributed by atoms with Gasteiger partial charge >= 0.3 is 0 Å². The van der Waals surface area contributed by atoms with Gasteiger partial charge in [0.15, 0.2) is 0 Å². The molecule has 2 aliphatic rings. The van der Waals surface area contributed by atoms with Gasteiger partial charge in [0.25, 0.3) is 0 Å². The van der Waals surface area contributed by atoms with E-state index in [0.717, 1.165) is 26.1 Å². The van der Waals surface area contributed by atoms with Crippen molar-refractivity contribution in [2.45, 2.75) is 38.3 Å². The van der Waals surface area contributed by atoms with Crippen LogP contribution in [0.3, 0.4) is 0 Å². The van der Waals surface area contributed by atoms with Gasteiger partial charge in [0.05, 0.1) is 0 Å². The molecule has 1 aromatic rings. The fraction of sp³-hybridized carbons (Fsp3) is 0.625. The van der Waals surface area contributed by atoms with Crippen LogP contribution >= 0.6 is 0 Å². The maximum absolute atomic E-state index is 10.0. The minimum absolute atomic E-state index is 0.490. The molecule has 2 unspecified atom stereocenters. The molecule has 1 aliphatic carbocycles. The summed E-state index contributed by atoms with van der Waals surface area (Å²) < 4.78 is 0. The fourth-order valence-corrected chi connectivity index (χ4v) is 3.54. The predicted octanol–water partition coefficient (Wildman–Crippen LogP) is 2.41. The summed E-state index contributed by atoms with van der Waals surface area (Å²) in [5, 5.41) is 10.0. The van der Waals surface area contributed by atoms with Crippen LogP contribution in [-0.4, -0.2) is 47.6 Å². The van der Waals surface area contributed by atoms with E-state index in [9.17, 15) is 5.11 Å². The SMILES string of the molecule is CC1CN(C2CCCc3c(O)cccc32)CCN1C. The Morgan fingerprint density at radius 3 is 2.89 bits per heavy atom. The van der Waals surface area contributed by atoms with E-state index in [1.807, 2.05) is 12.1 Å². The molecule has 104 valence electrons. The summed E-state index contributed by atoms with van der Waals surface area (Å²) in [4.78, 5) is 5.05. The van der Waals surface area contributed by atoms with Crippen molar-refractivity contribution in [3.8, 4) is 5.75 Å². The second-order valence-corrected chi connectivity index (χ2v) is 6.08. The van der Waals surface area contributed by atoms with Crippen LogP contribution in [0.5, 0.6) is 5.75 Å². The van der Waals surface area contributed by atoms with Gasteiger partial charge in [0.1, 0.15) is 5.75 Å². The summed E-state index contributed by atoms with van der Waals surface area (Å²) in [6, 6.07) is 7.16. The topological polar surface area (TPSA) is 26.7 Å². The highest BCUT2D eigenvalue weighted by atomic mass is 16.3. The molecule has 3 nitrogen and oxygen atoms in total. The van der Waals surface area contributed by atoms with Crippen molar-refractivity contribution in [2.75, 3.05) is 26.7 Å². The number of phenols is 1. The number of rotatable bonds is 1. The largest absolute Gasteiger partial charge is 0.508 e. The third-order valence-electron chi connectivity index (χ3n) is 4.88. The molecule has 1 N–H and O–H groups in total. The van der Waals surface area contributed by atoms with E-state index >= 15 is 0 Å². The van der Waals surface area contributed by atoms with Crippen LogP contribution < -0.4 is 0 Å². The number of hydrogen-bond donors (Lipinski definition) is 1. The van der Waals surface area contributed by atoms with Crippen molar-refractivity contribution in [3.63, 3.8) is 0 Å². The van der Waals surface area contributed by atoms with Gasteiger partial charge in [-0.15, -0.1) is 0 Å². The summed E-state index contributed by atoms with van der Waals surface area (Å²) in [7, 11) is 2.21.